The standard InChI is InChI=1S/C12H14N2O4S/c1-10-9-12(18-13-10)14-19(15,16)8-7-17-11-5-3-2-4-6-11/h2-6,9,14H,7-8H2,1H3. The maximum absolute atomic E-state index is 11.7. The van der Waals surface area contributed by atoms with Crippen LogP contribution in [0.1, 0.15) is 5.69 Å². The molecule has 0 aliphatic carbocycles. The summed E-state index contributed by atoms with van der Waals surface area (Å²) >= 11 is 0. The fraction of sp³-hybridized carbons (Fsp3) is 0.250. The molecule has 7 heteroatoms. The molecular weight excluding hydrogens is 268 g/mol. The Labute approximate surface area is 111 Å². The number of aryl methyl sites for hydroxylation is 1. The van der Waals surface area contributed by atoms with Gasteiger partial charge in [-0.25, -0.2) is 8.42 Å². The smallest absolute Gasteiger partial charge is 0.238 e. The van der Waals surface area contributed by atoms with Gasteiger partial charge in [0, 0.05) is 6.07 Å². The highest BCUT2D eigenvalue weighted by molar-refractivity contribution is 7.92. The first-order chi connectivity index (χ1) is 9.05. The van der Waals surface area contributed by atoms with Crippen LogP contribution in [0.5, 0.6) is 5.75 Å². The maximum Gasteiger partial charge on any atom is 0.238 e. The Morgan fingerprint density at radius 3 is 2.68 bits per heavy atom. The van der Waals surface area contributed by atoms with Crippen LogP contribution >= 0.6 is 0 Å². The second-order valence-electron chi connectivity index (χ2n) is 3.91. The second-order valence-corrected chi connectivity index (χ2v) is 5.76. The number of sulfonamides is 1. The number of para-hydroxylation sites is 1. The Kier molecular flexibility index (Phi) is 4.06. The summed E-state index contributed by atoms with van der Waals surface area (Å²) in [5, 5.41) is 3.60. The number of anilines is 1. The van der Waals surface area contributed by atoms with Crippen molar-refractivity contribution in [1.29, 1.82) is 0 Å². The van der Waals surface area contributed by atoms with Crippen LogP contribution in [0, 0.1) is 6.92 Å². The van der Waals surface area contributed by atoms with Gasteiger partial charge in [-0.05, 0) is 19.1 Å². The van der Waals surface area contributed by atoms with Gasteiger partial charge in [-0.15, -0.1) is 0 Å². The molecule has 0 aliphatic rings. The summed E-state index contributed by atoms with van der Waals surface area (Å²) in [5.74, 6) is 0.576. The van der Waals surface area contributed by atoms with E-state index >= 15 is 0 Å². The molecule has 0 unspecified atom stereocenters. The van der Waals surface area contributed by atoms with E-state index in [0.717, 1.165) is 0 Å². The summed E-state index contributed by atoms with van der Waals surface area (Å²) in [7, 11) is -3.50. The Bertz CT molecular complexity index is 622. The molecular formula is C12H14N2O4S. The Hall–Kier alpha value is -2.02. The molecule has 19 heavy (non-hydrogen) atoms. The zero-order valence-electron chi connectivity index (χ0n) is 10.4. The topological polar surface area (TPSA) is 81.4 Å². The molecule has 0 spiro atoms. The third kappa shape index (κ3) is 4.29. The van der Waals surface area contributed by atoms with E-state index in [1.807, 2.05) is 18.2 Å². The van der Waals surface area contributed by atoms with Gasteiger partial charge in [-0.3, -0.25) is 4.72 Å². The summed E-state index contributed by atoms with van der Waals surface area (Å²) < 4.78 is 35.8. The maximum atomic E-state index is 11.7. The van der Waals surface area contributed by atoms with E-state index in [1.54, 1.807) is 19.1 Å². The molecule has 0 amide bonds. The van der Waals surface area contributed by atoms with Crippen LogP contribution in [0.2, 0.25) is 0 Å². The molecule has 0 aliphatic heterocycles. The van der Waals surface area contributed by atoms with Crippen molar-refractivity contribution in [2.75, 3.05) is 17.1 Å². The Morgan fingerprint density at radius 2 is 2.05 bits per heavy atom. The van der Waals surface area contributed by atoms with Crippen LogP contribution < -0.4 is 9.46 Å². The Balaban J connectivity index is 1.84. The Morgan fingerprint density at radius 1 is 1.32 bits per heavy atom. The van der Waals surface area contributed by atoms with Crippen LogP contribution in [-0.2, 0) is 10.0 Å². The molecule has 0 saturated carbocycles. The zero-order chi connectivity index (χ0) is 13.7. The van der Waals surface area contributed by atoms with E-state index in [2.05, 4.69) is 9.88 Å². The van der Waals surface area contributed by atoms with Crippen molar-refractivity contribution in [1.82, 2.24) is 5.16 Å². The first-order valence-electron chi connectivity index (χ1n) is 5.67. The molecule has 0 bridgehead atoms. The number of nitrogens with one attached hydrogen (secondary N) is 1. The lowest BCUT2D eigenvalue weighted by Crippen LogP contribution is -2.21. The highest BCUT2D eigenvalue weighted by Gasteiger charge is 2.13. The fourth-order valence-electron chi connectivity index (χ4n) is 1.40. The monoisotopic (exact) mass is 282 g/mol. The third-order valence-corrected chi connectivity index (χ3v) is 3.46. The first-order valence-corrected chi connectivity index (χ1v) is 7.32. The van der Waals surface area contributed by atoms with Crippen LogP contribution in [0.25, 0.3) is 0 Å². The van der Waals surface area contributed by atoms with Crippen LogP contribution in [-0.4, -0.2) is 25.9 Å². The van der Waals surface area contributed by atoms with Crippen LogP contribution in [0.3, 0.4) is 0 Å². The zero-order valence-corrected chi connectivity index (χ0v) is 11.2. The summed E-state index contributed by atoms with van der Waals surface area (Å²) in [4.78, 5) is 0. The number of benzene rings is 1. The second kappa shape index (κ2) is 5.75. The minimum absolute atomic E-state index is 0.0620. The number of aromatic nitrogens is 1. The lowest BCUT2D eigenvalue weighted by atomic mass is 10.3. The van der Waals surface area contributed by atoms with Gasteiger partial charge in [0.05, 0.1) is 5.69 Å². The number of ether oxygens (including phenoxy) is 1. The van der Waals surface area contributed by atoms with Gasteiger partial charge in [0.2, 0.25) is 15.9 Å². The molecule has 0 saturated heterocycles. The van der Waals surface area contributed by atoms with Crippen molar-refractivity contribution in [2.24, 2.45) is 0 Å². The highest BCUT2D eigenvalue weighted by atomic mass is 32.2. The van der Waals surface area contributed by atoms with Gasteiger partial charge in [0.1, 0.15) is 18.1 Å². The highest BCUT2D eigenvalue weighted by Crippen LogP contribution is 2.11. The average molecular weight is 282 g/mol. The van der Waals surface area contributed by atoms with Gasteiger partial charge in [0.25, 0.3) is 0 Å². The quantitative estimate of drug-likeness (QED) is 0.873. The van der Waals surface area contributed by atoms with Crippen molar-refractivity contribution in [3.63, 3.8) is 0 Å². The fourth-order valence-corrected chi connectivity index (χ4v) is 2.21. The minimum atomic E-state index is -3.50. The van der Waals surface area contributed by atoms with Crippen molar-refractivity contribution >= 4 is 15.9 Å². The number of nitrogens with zero attached hydrogens (tertiary/aromatic N) is 1. The van der Waals surface area contributed by atoms with Gasteiger partial charge in [-0.1, -0.05) is 23.4 Å². The predicted octanol–water partition coefficient (Wildman–Crippen LogP) is 1.80. The molecule has 1 aromatic carbocycles. The van der Waals surface area contributed by atoms with Gasteiger partial charge >= 0.3 is 0 Å². The lowest BCUT2D eigenvalue weighted by Gasteiger charge is -2.07. The molecule has 6 nitrogen and oxygen atoms in total. The normalized spacial score (nSPS) is 11.2. The number of rotatable bonds is 6. The van der Waals surface area contributed by atoms with Crippen molar-refractivity contribution in [3.05, 3.63) is 42.1 Å². The molecule has 1 aromatic heterocycles. The largest absolute Gasteiger partial charge is 0.492 e. The molecule has 102 valence electrons. The number of hydrogen-bond acceptors (Lipinski definition) is 5. The predicted molar refractivity (Wildman–Crippen MR) is 70.6 cm³/mol. The van der Waals surface area contributed by atoms with Crippen LogP contribution in [0.15, 0.2) is 40.9 Å². The van der Waals surface area contributed by atoms with E-state index < -0.39 is 10.0 Å². The molecule has 0 atom stereocenters. The molecule has 1 heterocycles. The van der Waals surface area contributed by atoms with E-state index in [1.165, 1.54) is 6.07 Å². The van der Waals surface area contributed by atoms with Crippen molar-refractivity contribution in [2.45, 2.75) is 6.92 Å². The van der Waals surface area contributed by atoms with Gasteiger partial charge < -0.3 is 9.26 Å². The molecule has 0 radical (unpaired) electrons. The van der Waals surface area contributed by atoms with Crippen molar-refractivity contribution in [3.8, 4) is 5.75 Å². The van der Waals surface area contributed by atoms with E-state index in [9.17, 15) is 8.42 Å². The summed E-state index contributed by atoms with van der Waals surface area (Å²) in [6.45, 7) is 1.77. The van der Waals surface area contributed by atoms with E-state index in [4.69, 9.17) is 9.26 Å². The van der Waals surface area contributed by atoms with E-state index in [-0.39, 0.29) is 18.2 Å². The number of hydrogen-bond donors (Lipinski definition) is 1. The lowest BCUT2D eigenvalue weighted by molar-refractivity contribution is 0.341. The summed E-state index contributed by atoms with van der Waals surface area (Å²) in [6.07, 6.45) is 0. The van der Waals surface area contributed by atoms with E-state index in [0.29, 0.717) is 11.4 Å². The van der Waals surface area contributed by atoms with Crippen molar-refractivity contribution < 1.29 is 17.7 Å². The summed E-state index contributed by atoms with van der Waals surface area (Å²) in [6, 6.07) is 10.5. The van der Waals surface area contributed by atoms with Crippen LogP contribution in [0.4, 0.5) is 5.88 Å². The first kappa shape index (κ1) is 13.4. The van der Waals surface area contributed by atoms with Gasteiger partial charge in [0.15, 0.2) is 0 Å². The SMILES string of the molecule is Cc1cc(NS(=O)(=O)CCOc2ccccc2)on1. The third-order valence-electron chi connectivity index (χ3n) is 2.25. The average Bonchev–Trinajstić information content (AvgIpc) is 2.75. The molecule has 2 aromatic rings. The summed E-state index contributed by atoms with van der Waals surface area (Å²) in [5.41, 5.74) is 0.609. The molecule has 0 fully saturated rings. The molecule has 2 rings (SSSR count). The minimum Gasteiger partial charge on any atom is -0.492 e. The molecule has 1 N–H and O–H groups in total. The van der Waals surface area contributed by atoms with Gasteiger partial charge in [-0.2, -0.15) is 0 Å².